The summed E-state index contributed by atoms with van der Waals surface area (Å²) in [5.41, 5.74) is 1.12. The second-order valence-corrected chi connectivity index (χ2v) is 3.39. The van der Waals surface area contributed by atoms with Crippen LogP contribution in [0.4, 0.5) is 5.69 Å². The van der Waals surface area contributed by atoms with Crippen molar-refractivity contribution in [2.24, 2.45) is 7.05 Å². The van der Waals surface area contributed by atoms with Gasteiger partial charge in [-0.3, -0.25) is 4.68 Å². The first kappa shape index (κ1) is 10.1. The van der Waals surface area contributed by atoms with Crippen molar-refractivity contribution in [1.82, 2.24) is 9.78 Å². The summed E-state index contributed by atoms with van der Waals surface area (Å²) in [6, 6.07) is 0. The second kappa shape index (κ2) is 5.62. The molecule has 0 unspecified atom stereocenters. The van der Waals surface area contributed by atoms with Crippen LogP contribution < -0.4 is 5.32 Å². The predicted molar refractivity (Wildman–Crippen MR) is 55.8 cm³/mol. The molecule has 3 nitrogen and oxygen atoms in total. The van der Waals surface area contributed by atoms with Gasteiger partial charge in [0.2, 0.25) is 0 Å². The van der Waals surface area contributed by atoms with E-state index in [4.69, 9.17) is 0 Å². The van der Waals surface area contributed by atoms with Crippen molar-refractivity contribution in [1.29, 1.82) is 0 Å². The summed E-state index contributed by atoms with van der Waals surface area (Å²) >= 11 is 0. The zero-order valence-electron chi connectivity index (χ0n) is 8.58. The van der Waals surface area contributed by atoms with E-state index in [2.05, 4.69) is 17.3 Å². The first-order valence-electron chi connectivity index (χ1n) is 5.05. The van der Waals surface area contributed by atoms with Crippen LogP contribution in [-0.4, -0.2) is 16.3 Å². The molecule has 74 valence electrons. The van der Waals surface area contributed by atoms with E-state index < -0.39 is 0 Å². The fourth-order valence-electron chi connectivity index (χ4n) is 1.30. The Balaban J connectivity index is 2.06. The number of rotatable bonds is 6. The molecule has 1 aromatic heterocycles. The maximum Gasteiger partial charge on any atom is 0.0726 e. The number of hydrogen-bond acceptors (Lipinski definition) is 2. The van der Waals surface area contributed by atoms with Gasteiger partial charge in [-0.2, -0.15) is 5.10 Å². The molecule has 13 heavy (non-hydrogen) atoms. The maximum atomic E-state index is 4.09. The molecule has 0 aliphatic heterocycles. The first-order valence-corrected chi connectivity index (χ1v) is 5.05. The van der Waals surface area contributed by atoms with Gasteiger partial charge in [0.05, 0.1) is 11.9 Å². The number of aryl methyl sites for hydroxylation is 1. The van der Waals surface area contributed by atoms with Crippen LogP contribution in [0.5, 0.6) is 0 Å². The van der Waals surface area contributed by atoms with Crippen molar-refractivity contribution < 1.29 is 0 Å². The zero-order chi connectivity index (χ0) is 9.52. The fourth-order valence-corrected chi connectivity index (χ4v) is 1.30. The van der Waals surface area contributed by atoms with Crippen LogP contribution in [0.25, 0.3) is 0 Å². The summed E-state index contributed by atoms with van der Waals surface area (Å²) in [5, 5.41) is 7.43. The van der Waals surface area contributed by atoms with Crippen LogP contribution in [0.1, 0.15) is 32.6 Å². The monoisotopic (exact) mass is 181 g/mol. The van der Waals surface area contributed by atoms with Crippen molar-refractivity contribution >= 4 is 5.69 Å². The predicted octanol–water partition coefficient (Wildman–Crippen LogP) is 2.41. The van der Waals surface area contributed by atoms with Gasteiger partial charge in [-0.1, -0.05) is 26.2 Å². The van der Waals surface area contributed by atoms with E-state index >= 15 is 0 Å². The fraction of sp³-hybridized carbons (Fsp3) is 0.700. The van der Waals surface area contributed by atoms with Crippen LogP contribution in [-0.2, 0) is 7.05 Å². The van der Waals surface area contributed by atoms with Gasteiger partial charge in [0, 0.05) is 19.8 Å². The van der Waals surface area contributed by atoms with Gasteiger partial charge in [-0.05, 0) is 6.42 Å². The highest BCUT2D eigenvalue weighted by Gasteiger charge is 1.93. The van der Waals surface area contributed by atoms with Crippen LogP contribution in [0.2, 0.25) is 0 Å². The van der Waals surface area contributed by atoms with Crippen LogP contribution in [0.15, 0.2) is 12.4 Å². The summed E-state index contributed by atoms with van der Waals surface area (Å²) in [7, 11) is 1.93. The molecule has 0 aliphatic carbocycles. The molecule has 1 N–H and O–H groups in total. The maximum absolute atomic E-state index is 4.09. The van der Waals surface area contributed by atoms with E-state index in [1.165, 1.54) is 25.7 Å². The van der Waals surface area contributed by atoms with Crippen molar-refractivity contribution in [2.45, 2.75) is 32.6 Å². The third-order valence-electron chi connectivity index (χ3n) is 2.06. The number of nitrogens with zero attached hydrogens (tertiary/aromatic N) is 2. The van der Waals surface area contributed by atoms with E-state index in [1.807, 2.05) is 24.1 Å². The molecule has 3 heteroatoms. The Morgan fingerprint density at radius 2 is 2.23 bits per heavy atom. The summed E-state index contributed by atoms with van der Waals surface area (Å²) in [5.74, 6) is 0. The average Bonchev–Trinajstić information content (AvgIpc) is 2.51. The molecule has 0 radical (unpaired) electrons. The molecule has 0 atom stereocenters. The molecule has 0 saturated heterocycles. The summed E-state index contributed by atoms with van der Waals surface area (Å²) < 4.78 is 1.81. The highest BCUT2D eigenvalue weighted by Crippen LogP contribution is 2.04. The number of nitrogens with one attached hydrogen (secondary N) is 1. The summed E-state index contributed by atoms with van der Waals surface area (Å²) in [4.78, 5) is 0. The molecule has 0 fully saturated rings. The molecule has 1 heterocycles. The lowest BCUT2D eigenvalue weighted by Crippen LogP contribution is -2.00. The topological polar surface area (TPSA) is 29.9 Å². The molecule has 0 spiro atoms. The largest absolute Gasteiger partial charge is 0.383 e. The average molecular weight is 181 g/mol. The van der Waals surface area contributed by atoms with Gasteiger partial charge in [-0.25, -0.2) is 0 Å². The number of aromatic nitrogens is 2. The van der Waals surface area contributed by atoms with E-state index in [1.54, 1.807) is 0 Å². The Morgan fingerprint density at radius 1 is 1.38 bits per heavy atom. The first-order chi connectivity index (χ1) is 6.33. The smallest absolute Gasteiger partial charge is 0.0726 e. The minimum atomic E-state index is 1.06. The molecule has 1 rings (SSSR count). The molecule has 1 aromatic rings. The van der Waals surface area contributed by atoms with Crippen molar-refractivity contribution in [3.05, 3.63) is 12.4 Å². The Hall–Kier alpha value is -0.990. The molecule has 0 bridgehead atoms. The molecule has 0 aromatic carbocycles. The molecule has 0 saturated carbocycles. The van der Waals surface area contributed by atoms with Crippen molar-refractivity contribution in [3.8, 4) is 0 Å². The number of unbranched alkanes of at least 4 members (excludes halogenated alkanes) is 3. The Kier molecular flexibility index (Phi) is 4.36. The Labute approximate surface area is 80.1 Å². The van der Waals surface area contributed by atoms with E-state index in [9.17, 15) is 0 Å². The van der Waals surface area contributed by atoms with Gasteiger partial charge < -0.3 is 5.32 Å². The minimum Gasteiger partial charge on any atom is -0.383 e. The zero-order valence-corrected chi connectivity index (χ0v) is 8.58. The van der Waals surface area contributed by atoms with Gasteiger partial charge in [0.15, 0.2) is 0 Å². The molecule has 0 aliphatic rings. The van der Waals surface area contributed by atoms with Crippen LogP contribution in [0, 0.1) is 0 Å². The van der Waals surface area contributed by atoms with E-state index in [0.717, 1.165) is 12.2 Å². The lowest BCUT2D eigenvalue weighted by Gasteiger charge is -2.01. The van der Waals surface area contributed by atoms with Crippen molar-refractivity contribution in [3.63, 3.8) is 0 Å². The van der Waals surface area contributed by atoms with Crippen molar-refractivity contribution in [2.75, 3.05) is 11.9 Å². The Morgan fingerprint density at radius 3 is 2.85 bits per heavy atom. The lowest BCUT2D eigenvalue weighted by molar-refractivity contribution is 0.685. The normalized spacial score (nSPS) is 10.3. The minimum absolute atomic E-state index is 1.06. The highest BCUT2D eigenvalue weighted by atomic mass is 15.3. The Bertz CT molecular complexity index is 230. The standard InChI is InChI=1S/C10H19N3/c1-3-4-5-6-7-11-10-8-12-13(2)9-10/h8-9,11H,3-7H2,1-2H3. The molecular formula is C10H19N3. The van der Waals surface area contributed by atoms with Gasteiger partial charge in [-0.15, -0.1) is 0 Å². The second-order valence-electron chi connectivity index (χ2n) is 3.39. The number of anilines is 1. The van der Waals surface area contributed by atoms with E-state index in [-0.39, 0.29) is 0 Å². The lowest BCUT2D eigenvalue weighted by atomic mass is 10.2. The molecule has 0 amide bonds. The summed E-state index contributed by atoms with van der Waals surface area (Å²) in [6.07, 6.45) is 9.08. The van der Waals surface area contributed by atoms with E-state index in [0.29, 0.717) is 0 Å². The highest BCUT2D eigenvalue weighted by molar-refractivity contribution is 5.37. The third-order valence-corrected chi connectivity index (χ3v) is 2.06. The number of hydrogen-bond donors (Lipinski definition) is 1. The third kappa shape index (κ3) is 3.97. The van der Waals surface area contributed by atoms with Gasteiger partial charge in [0.1, 0.15) is 0 Å². The SMILES string of the molecule is CCCCCCNc1cnn(C)c1. The van der Waals surface area contributed by atoms with Crippen LogP contribution in [0.3, 0.4) is 0 Å². The van der Waals surface area contributed by atoms with Gasteiger partial charge in [0.25, 0.3) is 0 Å². The van der Waals surface area contributed by atoms with Gasteiger partial charge >= 0.3 is 0 Å². The van der Waals surface area contributed by atoms with Crippen LogP contribution >= 0.6 is 0 Å². The quantitative estimate of drug-likeness (QED) is 0.683. The summed E-state index contributed by atoms with van der Waals surface area (Å²) in [6.45, 7) is 3.29. The molecular weight excluding hydrogens is 162 g/mol.